The first kappa shape index (κ1) is 14.1. The number of nitrogen functional groups attached to an aromatic ring is 1. The van der Waals surface area contributed by atoms with Gasteiger partial charge in [-0.1, -0.05) is 12.1 Å². The Bertz CT molecular complexity index is 538. The first-order valence-corrected chi connectivity index (χ1v) is 6.70. The van der Waals surface area contributed by atoms with Crippen molar-refractivity contribution in [1.29, 1.82) is 0 Å². The Labute approximate surface area is 118 Å². The molecule has 1 heterocycles. The van der Waals surface area contributed by atoms with Crippen LogP contribution in [0.3, 0.4) is 0 Å². The predicted octanol–water partition coefficient (Wildman–Crippen LogP) is 2.03. The van der Waals surface area contributed by atoms with Crippen LogP contribution in [-0.4, -0.2) is 22.1 Å². The second-order valence-corrected chi connectivity index (χ2v) is 4.62. The molecule has 0 aliphatic heterocycles. The van der Waals surface area contributed by atoms with Crippen LogP contribution in [0, 0.1) is 0 Å². The molecule has 5 heteroatoms. The molecule has 1 aromatic carbocycles. The minimum Gasteiger partial charge on any atom is -0.466 e. The lowest BCUT2D eigenvalue weighted by molar-refractivity contribution is -0.143. The SMILES string of the molecule is Nc1cccc(CCC(=O)OCCCn2ccnc2)c1. The van der Waals surface area contributed by atoms with Gasteiger partial charge in [-0.05, 0) is 30.5 Å². The van der Waals surface area contributed by atoms with Gasteiger partial charge in [-0.2, -0.15) is 0 Å². The van der Waals surface area contributed by atoms with E-state index in [4.69, 9.17) is 10.5 Å². The first-order valence-electron chi connectivity index (χ1n) is 6.70. The fraction of sp³-hybridized carbons (Fsp3) is 0.333. The summed E-state index contributed by atoms with van der Waals surface area (Å²) in [6, 6.07) is 7.56. The Hall–Kier alpha value is -2.30. The van der Waals surface area contributed by atoms with Crippen molar-refractivity contribution >= 4 is 11.7 Å². The van der Waals surface area contributed by atoms with E-state index in [2.05, 4.69) is 4.98 Å². The molecular formula is C15H19N3O2. The highest BCUT2D eigenvalue weighted by Gasteiger charge is 2.04. The number of aromatic nitrogens is 2. The number of carbonyl (C=O) groups is 1. The monoisotopic (exact) mass is 273 g/mol. The number of benzene rings is 1. The summed E-state index contributed by atoms with van der Waals surface area (Å²) < 4.78 is 7.15. The topological polar surface area (TPSA) is 70.1 Å². The van der Waals surface area contributed by atoms with Crippen LogP contribution in [0.4, 0.5) is 5.69 Å². The third-order valence-corrected chi connectivity index (χ3v) is 2.95. The van der Waals surface area contributed by atoms with Crippen molar-refractivity contribution in [2.24, 2.45) is 0 Å². The summed E-state index contributed by atoms with van der Waals surface area (Å²) in [5, 5.41) is 0. The molecule has 5 nitrogen and oxygen atoms in total. The smallest absolute Gasteiger partial charge is 0.306 e. The number of hydrogen-bond donors (Lipinski definition) is 1. The maximum absolute atomic E-state index is 11.6. The maximum atomic E-state index is 11.6. The Morgan fingerprint density at radius 2 is 2.30 bits per heavy atom. The van der Waals surface area contributed by atoms with E-state index in [1.165, 1.54) is 0 Å². The van der Waals surface area contributed by atoms with E-state index in [0.717, 1.165) is 24.2 Å². The quantitative estimate of drug-likeness (QED) is 0.476. The molecule has 2 aromatic rings. The van der Waals surface area contributed by atoms with Crippen molar-refractivity contribution in [3.05, 3.63) is 48.5 Å². The molecule has 0 radical (unpaired) electrons. The van der Waals surface area contributed by atoms with Gasteiger partial charge < -0.3 is 15.0 Å². The lowest BCUT2D eigenvalue weighted by Gasteiger charge is -2.06. The summed E-state index contributed by atoms with van der Waals surface area (Å²) in [6.45, 7) is 1.25. The Kier molecular flexibility index (Phi) is 5.17. The average molecular weight is 273 g/mol. The third-order valence-electron chi connectivity index (χ3n) is 2.95. The second-order valence-electron chi connectivity index (χ2n) is 4.62. The lowest BCUT2D eigenvalue weighted by Crippen LogP contribution is -2.09. The lowest BCUT2D eigenvalue weighted by atomic mass is 10.1. The number of aryl methyl sites for hydroxylation is 2. The molecule has 1 aromatic heterocycles. The summed E-state index contributed by atoms with van der Waals surface area (Å²) in [4.78, 5) is 15.5. The fourth-order valence-corrected chi connectivity index (χ4v) is 1.92. The van der Waals surface area contributed by atoms with E-state index in [1.54, 1.807) is 12.5 Å². The van der Waals surface area contributed by atoms with Crippen molar-refractivity contribution in [3.8, 4) is 0 Å². The first-order chi connectivity index (χ1) is 9.74. The molecule has 0 saturated carbocycles. The molecule has 0 fully saturated rings. The molecular weight excluding hydrogens is 254 g/mol. The van der Waals surface area contributed by atoms with E-state index < -0.39 is 0 Å². The summed E-state index contributed by atoms with van der Waals surface area (Å²) >= 11 is 0. The molecule has 2 rings (SSSR count). The van der Waals surface area contributed by atoms with Gasteiger partial charge in [-0.25, -0.2) is 4.98 Å². The number of nitrogens with two attached hydrogens (primary N) is 1. The Balaban J connectivity index is 1.61. The predicted molar refractivity (Wildman–Crippen MR) is 77.0 cm³/mol. The molecule has 0 amide bonds. The van der Waals surface area contributed by atoms with Gasteiger partial charge in [-0.15, -0.1) is 0 Å². The molecule has 0 atom stereocenters. The number of hydrogen-bond acceptors (Lipinski definition) is 4. The Morgan fingerprint density at radius 1 is 1.40 bits per heavy atom. The third kappa shape index (κ3) is 4.76. The number of nitrogens with zero attached hydrogens (tertiary/aromatic N) is 2. The van der Waals surface area contributed by atoms with Crippen LogP contribution in [0.2, 0.25) is 0 Å². The molecule has 0 aliphatic rings. The zero-order valence-electron chi connectivity index (χ0n) is 11.4. The van der Waals surface area contributed by atoms with Crippen LogP contribution in [0.15, 0.2) is 43.0 Å². The van der Waals surface area contributed by atoms with E-state index in [9.17, 15) is 4.79 Å². The van der Waals surface area contributed by atoms with Crippen molar-refractivity contribution in [3.63, 3.8) is 0 Å². The normalized spacial score (nSPS) is 10.4. The minimum atomic E-state index is -0.168. The van der Waals surface area contributed by atoms with Crippen molar-refractivity contribution < 1.29 is 9.53 Å². The molecule has 106 valence electrons. The van der Waals surface area contributed by atoms with Crippen LogP contribution >= 0.6 is 0 Å². The Morgan fingerprint density at radius 3 is 3.05 bits per heavy atom. The van der Waals surface area contributed by atoms with Crippen molar-refractivity contribution in [2.45, 2.75) is 25.8 Å². The molecule has 2 N–H and O–H groups in total. The van der Waals surface area contributed by atoms with Crippen molar-refractivity contribution in [2.75, 3.05) is 12.3 Å². The highest BCUT2D eigenvalue weighted by Crippen LogP contribution is 2.09. The molecule has 0 spiro atoms. The van der Waals surface area contributed by atoms with Crippen LogP contribution in [0.1, 0.15) is 18.4 Å². The highest BCUT2D eigenvalue weighted by molar-refractivity contribution is 5.69. The van der Waals surface area contributed by atoms with Gasteiger partial charge in [0.15, 0.2) is 0 Å². The maximum Gasteiger partial charge on any atom is 0.306 e. The molecule has 0 bridgehead atoms. The van der Waals surface area contributed by atoms with Gasteiger partial charge in [-0.3, -0.25) is 4.79 Å². The largest absolute Gasteiger partial charge is 0.466 e. The number of rotatable bonds is 7. The van der Waals surface area contributed by atoms with Crippen LogP contribution in [0.25, 0.3) is 0 Å². The van der Waals surface area contributed by atoms with E-state index in [-0.39, 0.29) is 5.97 Å². The standard InChI is InChI=1S/C15H19N3O2/c16-14-4-1-3-13(11-14)5-6-15(19)20-10-2-8-18-9-7-17-12-18/h1,3-4,7,9,11-12H,2,5-6,8,10,16H2. The average Bonchev–Trinajstić information content (AvgIpc) is 2.95. The molecule has 20 heavy (non-hydrogen) atoms. The zero-order valence-corrected chi connectivity index (χ0v) is 11.4. The zero-order chi connectivity index (χ0) is 14.2. The van der Waals surface area contributed by atoms with E-state index >= 15 is 0 Å². The number of ether oxygens (including phenoxy) is 1. The number of carbonyl (C=O) groups excluding carboxylic acids is 1. The van der Waals surface area contributed by atoms with Gasteiger partial charge in [0.2, 0.25) is 0 Å². The molecule has 0 aliphatic carbocycles. The van der Waals surface area contributed by atoms with Gasteiger partial charge in [0, 0.05) is 31.0 Å². The van der Waals surface area contributed by atoms with E-state index in [1.807, 2.05) is 35.0 Å². The van der Waals surface area contributed by atoms with Crippen LogP contribution in [0.5, 0.6) is 0 Å². The molecule has 0 unspecified atom stereocenters. The summed E-state index contributed by atoms with van der Waals surface area (Å²) in [5.41, 5.74) is 7.46. The summed E-state index contributed by atoms with van der Waals surface area (Å²) in [5.74, 6) is -0.168. The van der Waals surface area contributed by atoms with Gasteiger partial charge in [0.1, 0.15) is 0 Å². The fourth-order valence-electron chi connectivity index (χ4n) is 1.92. The van der Waals surface area contributed by atoms with E-state index in [0.29, 0.717) is 19.4 Å². The second kappa shape index (κ2) is 7.33. The minimum absolute atomic E-state index is 0.168. The summed E-state index contributed by atoms with van der Waals surface area (Å²) in [6.07, 6.45) is 7.21. The highest BCUT2D eigenvalue weighted by atomic mass is 16.5. The van der Waals surface area contributed by atoms with Crippen LogP contribution in [-0.2, 0) is 22.5 Å². The van der Waals surface area contributed by atoms with Gasteiger partial charge in [0.05, 0.1) is 12.9 Å². The number of anilines is 1. The molecule has 0 saturated heterocycles. The number of esters is 1. The van der Waals surface area contributed by atoms with Crippen molar-refractivity contribution in [1.82, 2.24) is 9.55 Å². The summed E-state index contributed by atoms with van der Waals surface area (Å²) in [7, 11) is 0. The van der Waals surface area contributed by atoms with Gasteiger partial charge in [0.25, 0.3) is 0 Å². The van der Waals surface area contributed by atoms with Crippen LogP contribution < -0.4 is 5.73 Å². The van der Waals surface area contributed by atoms with Gasteiger partial charge >= 0.3 is 5.97 Å². The number of imidazole rings is 1.